The van der Waals surface area contributed by atoms with E-state index in [1.54, 1.807) is 37.1 Å². The number of amides is 2. The van der Waals surface area contributed by atoms with Crippen molar-refractivity contribution in [2.75, 3.05) is 32.8 Å². The van der Waals surface area contributed by atoms with Gasteiger partial charge < -0.3 is 20.3 Å². The number of nitrogens with two attached hydrogens (primary N) is 1. The molecule has 0 radical (unpaired) electrons. The molecule has 188 valence electrons. The highest BCUT2D eigenvalue weighted by molar-refractivity contribution is 5.98. The van der Waals surface area contributed by atoms with E-state index in [-0.39, 0.29) is 5.91 Å². The molecule has 8 heteroatoms. The number of alkyl halides is 1. The Balaban J connectivity index is 1.28. The van der Waals surface area contributed by atoms with Crippen LogP contribution in [0.1, 0.15) is 49.9 Å². The largest absolute Gasteiger partial charge is 0.477 e. The zero-order valence-corrected chi connectivity index (χ0v) is 20.6. The van der Waals surface area contributed by atoms with Crippen LogP contribution in [0.15, 0.2) is 42.6 Å². The van der Waals surface area contributed by atoms with Gasteiger partial charge in [-0.25, -0.2) is 9.37 Å². The van der Waals surface area contributed by atoms with Crippen molar-refractivity contribution < 1.29 is 18.7 Å². The van der Waals surface area contributed by atoms with E-state index in [9.17, 15) is 14.0 Å². The highest BCUT2D eigenvalue weighted by atomic mass is 19.1. The highest BCUT2D eigenvalue weighted by Gasteiger charge is 2.33. The number of likely N-dealkylation sites (tertiary alicyclic amines) is 2. The van der Waals surface area contributed by atoms with Gasteiger partial charge in [0.15, 0.2) is 0 Å². The van der Waals surface area contributed by atoms with Gasteiger partial charge in [-0.1, -0.05) is 12.1 Å². The summed E-state index contributed by atoms with van der Waals surface area (Å²) >= 11 is 0. The number of carbonyl (C=O) groups is 2. The molecule has 2 N–H and O–H groups in total. The summed E-state index contributed by atoms with van der Waals surface area (Å²) in [7, 11) is 0. The second kappa shape index (κ2) is 10.7. The van der Waals surface area contributed by atoms with Gasteiger partial charge in [-0.15, -0.1) is 0 Å². The Morgan fingerprint density at radius 2 is 1.74 bits per heavy atom. The number of hydrogen-bond acceptors (Lipinski definition) is 5. The summed E-state index contributed by atoms with van der Waals surface area (Å²) in [6.45, 7) is 6.68. The van der Waals surface area contributed by atoms with Gasteiger partial charge in [0.2, 0.25) is 11.8 Å². The van der Waals surface area contributed by atoms with Gasteiger partial charge in [-0.05, 0) is 82.3 Å². The number of nitrogens with zero attached hydrogens (tertiary/aromatic N) is 3. The minimum atomic E-state index is -1.16. The van der Waals surface area contributed by atoms with Crippen molar-refractivity contribution in [1.82, 2.24) is 14.8 Å². The molecule has 1 aromatic heterocycles. The number of rotatable bonds is 8. The van der Waals surface area contributed by atoms with Gasteiger partial charge >= 0.3 is 0 Å². The highest BCUT2D eigenvalue weighted by Crippen LogP contribution is 2.25. The number of primary amides is 1. The fourth-order valence-corrected chi connectivity index (χ4v) is 4.96. The van der Waals surface area contributed by atoms with E-state index >= 15 is 0 Å². The van der Waals surface area contributed by atoms with Crippen molar-refractivity contribution in [3.05, 3.63) is 48.2 Å². The number of piperidine rings is 1. The van der Waals surface area contributed by atoms with E-state index in [1.807, 2.05) is 24.3 Å². The fraction of sp³-hybridized carbons (Fsp3) is 0.519. The van der Waals surface area contributed by atoms with Crippen molar-refractivity contribution in [3.8, 4) is 17.0 Å². The molecule has 0 saturated carbocycles. The van der Waals surface area contributed by atoms with Crippen LogP contribution in [0.5, 0.6) is 5.88 Å². The average molecular weight is 483 g/mol. The molecule has 1 aromatic carbocycles. The van der Waals surface area contributed by atoms with Crippen LogP contribution in [0.25, 0.3) is 11.1 Å². The van der Waals surface area contributed by atoms with Crippen LogP contribution in [0.3, 0.4) is 0 Å². The van der Waals surface area contributed by atoms with Crippen LogP contribution in [0.2, 0.25) is 0 Å². The van der Waals surface area contributed by atoms with Gasteiger partial charge in [0.05, 0.1) is 6.61 Å². The Hall–Kier alpha value is -3.00. The number of halogens is 1. The molecular weight excluding hydrogens is 447 g/mol. The molecule has 3 heterocycles. The average Bonchev–Trinajstić information content (AvgIpc) is 3.33. The number of carbonyl (C=O) groups excluding carboxylic acids is 2. The van der Waals surface area contributed by atoms with E-state index < -0.39 is 17.6 Å². The van der Waals surface area contributed by atoms with Crippen LogP contribution in [-0.4, -0.2) is 71.1 Å². The van der Waals surface area contributed by atoms with Crippen LogP contribution >= 0.6 is 0 Å². The molecule has 2 amide bonds. The van der Waals surface area contributed by atoms with Gasteiger partial charge in [0, 0.05) is 36.5 Å². The summed E-state index contributed by atoms with van der Waals surface area (Å²) < 4.78 is 19.8. The molecule has 2 aliphatic rings. The lowest BCUT2D eigenvalue weighted by Gasteiger charge is -2.34. The molecule has 4 rings (SSSR count). The number of pyridine rings is 1. The maximum Gasteiger partial charge on any atom is 0.254 e. The van der Waals surface area contributed by atoms with Crippen molar-refractivity contribution in [1.29, 1.82) is 0 Å². The van der Waals surface area contributed by atoms with Gasteiger partial charge in [0.25, 0.3) is 5.91 Å². The zero-order chi connectivity index (χ0) is 25.0. The Morgan fingerprint density at radius 1 is 1.06 bits per heavy atom. The minimum Gasteiger partial charge on any atom is -0.477 e. The van der Waals surface area contributed by atoms with Crippen LogP contribution in [0.4, 0.5) is 4.39 Å². The number of ether oxygens (including phenoxy) is 1. The molecular formula is C27H35FN4O3. The van der Waals surface area contributed by atoms with E-state index in [1.165, 1.54) is 0 Å². The lowest BCUT2D eigenvalue weighted by Crippen LogP contribution is -2.43. The van der Waals surface area contributed by atoms with E-state index in [4.69, 9.17) is 10.5 Å². The molecule has 0 bridgehead atoms. The third kappa shape index (κ3) is 6.57. The first-order chi connectivity index (χ1) is 16.7. The molecule has 0 aliphatic carbocycles. The molecule has 1 atom stereocenters. The first-order valence-electron chi connectivity index (χ1n) is 12.4. The van der Waals surface area contributed by atoms with Crippen molar-refractivity contribution >= 4 is 11.8 Å². The normalized spacial score (nSPS) is 19.6. The Kier molecular flexibility index (Phi) is 7.69. The van der Waals surface area contributed by atoms with Gasteiger partial charge in [-0.2, -0.15) is 0 Å². The maximum atomic E-state index is 13.8. The monoisotopic (exact) mass is 482 g/mol. The molecule has 0 spiro atoms. The third-order valence-electron chi connectivity index (χ3n) is 6.82. The quantitative estimate of drug-likeness (QED) is 0.620. The SMILES string of the molecule is CC(C)(F)CN1CCC(COc2ccc(-c3ccc(C(=O)N4CCCC4C(N)=O)cc3)cn2)CC1. The minimum absolute atomic E-state index is 0.168. The molecule has 1 unspecified atom stereocenters. The lowest BCUT2D eigenvalue weighted by atomic mass is 9.97. The molecule has 2 saturated heterocycles. The number of hydrogen-bond donors (Lipinski definition) is 1. The first-order valence-corrected chi connectivity index (χ1v) is 12.4. The molecule has 2 aromatic rings. The zero-order valence-electron chi connectivity index (χ0n) is 20.6. The number of benzene rings is 1. The predicted octanol–water partition coefficient (Wildman–Crippen LogP) is 3.68. The molecule has 35 heavy (non-hydrogen) atoms. The van der Waals surface area contributed by atoms with Crippen LogP contribution < -0.4 is 10.5 Å². The predicted molar refractivity (Wildman–Crippen MR) is 133 cm³/mol. The maximum absolute atomic E-state index is 13.8. The van der Waals surface area contributed by atoms with E-state index in [2.05, 4.69) is 9.88 Å². The lowest BCUT2D eigenvalue weighted by molar-refractivity contribution is -0.121. The first kappa shape index (κ1) is 25.1. The Labute approximate surface area is 206 Å². The van der Waals surface area contributed by atoms with Gasteiger partial charge in [0.1, 0.15) is 11.7 Å². The summed E-state index contributed by atoms with van der Waals surface area (Å²) in [5.74, 6) is 0.413. The van der Waals surface area contributed by atoms with Crippen LogP contribution in [0, 0.1) is 5.92 Å². The summed E-state index contributed by atoms with van der Waals surface area (Å²) in [5.41, 5.74) is 6.69. The molecule has 2 fully saturated rings. The summed E-state index contributed by atoms with van der Waals surface area (Å²) in [5, 5.41) is 0. The standard InChI is InChI=1S/C27H35FN4O3/c1-27(2,28)18-31-14-11-19(12-15-31)17-35-24-10-9-22(16-30-24)20-5-7-21(8-6-20)26(34)32-13-3-4-23(32)25(29)33/h5-10,16,19,23H,3-4,11-15,17-18H2,1-2H3,(H2,29,33). The Bertz CT molecular complexity index is 1010. The second-order valence-corrected chi connectivity index (χ2v) is 10.3. The third-order valence-corrected chi connectivity index (χ3v) is 6.82. The van der Waals surface area contributed by atoms with E-state index in [0.29, 0.717) is 43.5 Å². The van der Waals surface area contributed by atoms with Crippen molar-refractivity contribution in [2.24, 2.45) is 11.7 Å². The van der Waals surface area contributed by atoms with Crippen LogP contribution in [-0.2, 0) is 4.79 Å². The van der Waals surface area contributed by atoms with E-state index in [0.717, 1.165) is 43.5 Å². The fourth-order valence-electron chi connectivity index (χ4n) is 4.96. The Morgan fingerprint density at radius 3 is 2.34 bits per heavy atom. The number of aromatic nitrogens is 1. The topological polar surface area (TPSA) is 88.8 Å². The summed E-state index contributed by atoms with van der Waals surface area (Å²) in [6.07, 6.45) is 5.17. The van der Waals surface area contributed by atoms with Crippen molar-refractivity contribution in [2.45, 2.75) is 51.2 Å². The summed E-state index contributed by atoms with van der Waals surface area (Å²) in [6, 6.07) is 10.6. The smallest absolute Gasteiger partial charge is 0.254 e. The second-order valence-electron chi connectivity index (χ2n) is 10.3. The molecule has 2 aliphatic heterocycles. The summed E-state index contributed by atoms with van der Waals surface area (Å²) in [4.78, 5) is 32.6. The van der Waals surface area contributed by atoms with Crippen molar-refractivity contribution in [3.63, 3.8) is 0 Å². The van der Waals surface area contributed by atoms with Gasteiger partial charge in [-0.3, -0.25) is 9.59 Å². The molecule has 7 nitrogen and oxygen atoms in total.